The van der Waals surface area contributed by atoms with Crippen molar-refractivity contribution in [1.29, 1.82) is 0 Å². The number of amides is 2. The fourth-order valence-electron chi connectivity index (χ4n) is 3.54. The number of carbonyl (C=O) groups excluding carboxylic acids is 2. The number of benzene rings is 2. The van der Waals surface area contributed by atoms with Crippen LogP contribution in [0, 0.1) is 6.92 Å². The van der Waals surface area contributed by atoms with Gasteiger partial charge in [-0.25, -0.2) is 0 Å². The Balaban J connectivity index is 1.36. The number of nitrogens with one attached hydrogen (secondary N) is 2. The Bertz CT molecular complexity index is 918. The summed E-state index contributed by atoms with van der Waals surface area (Å²) < 4.78 is 5.36. The van der Waals surface area contributed by atoms with E-state index in [1.165, 1.54) is 0 Å². The topological polar surface area (TPSA) is 70.7 Å². The molecule has 0 heterocycles. The first kappa shape index (κ1) is 20.4. The van der Waals surface area contributed by atoms with Gasteiger partial charge in [0.25, 0.3) is 5.91 Å². The van der Waals surface area contributed by atoms with Crippen LogP contribution < -0.4 is 15.4 Å². The predicted molar refractivity (Wildman–Crippen MR) is 117 cm³/mol. The molecule has 2 aliphatic rings. The van der Waals surface area contributed by atoms with E-state index in [2.05, 4.69) is 15.5 Å². The number of ether oxygens (including phenoxy) is 1. The molecule has 6 nitrogen and oxygen atoms in total. The summed E-state index contributed by atoms with van der Waals surface area (Å²) in [6, 6.07) is 14.2. The standard InChI is InChI=1S/C24H29N3O3/c1-16-3-12-22(30-2)21(13-16)26-23(28)15-27(20-10-11-20)14-17-4-6-18(7-5-17)24(29)25-19-8-9-19/h3-7,12-13,19-20H,8-11,14-15H2,1-2H3,(H,25,29)(H,26,28). The first-order valence-corrected chi connectivity index (χ1v) is 10.6. The second-order valence-electron chi connectivity index (χ2n) is 8.33. The van der Waals surface area contributed by atoms with Crippen LogP contribution in [0.4, 0.5) is 5.69 Å². The highest BCUT2D eigenvalue weighted by atomic mass is 16.5. The third kappa shape index (κ3) is 5.39. The van der Waals surface area contributed by atoms with Gasteiger partial charge in [-0.15, -0.1) is 0 Å². The lowest BCUT2D eigenvalue weighted by Crippen LogP contribution is -2.34. The third-order valence-corrected chi connectivity index (χ3v) is 5.55. The minimum atomic E-state index is -0.0498. The Kier molecular flexibility index (Phi) is 6.04. The molecule has 0 radical (unpaired) electrons. The Morgan fingerprint density at radius 1 is 1.07 bits per heavy atom. The van der Waals surface area contributed by atoms with Gasteiger partial charge in [0.05, 0.1) is 19.3 Å². The molecule has 0 spiro atoms. The molecule has 6 heteroatoms. The van der Waals surface area contributed by atoms with Gasteiger partial charge in [0.15, 0.2) is 0 Å². The fraction of sp³-hybridized carbons (Fsp3) is 0.417. The molecule has 2 fully saturated rings. The van der Waals surface area contributed by atoms with E-state index in [4.69, 9.17) is 4.74 Å². The highest BCUT2D eigenvalue weighted by Gasteiger charge is 2.30. The number of methoxy groups -OCH3 is 1. The minimum Gasteiger partial charge on any atom is -0.495 e. The molecular weight excluding hydrogens is 378 g/mol. The number of hydrogen-bond acceptors (Lipinski definition) is 4. The van der Waals surface area contributed by atoms with Gasteiger partial charge in [-0.05, 0) is 68.0 Å². The van der Waals surface area contributed by atoms with Crippen LogP contribution >= 0.6 is 0 Å². The van der Waals surface area contributed by atoms with Crippen molar-refractivity contribution in [1.82, 2.24) is 10.2 Å². The van der Waals surface area contributed by atoms with Crippen molar-refractivity contribution in [3.05, 3.63) is 59.2 Å². The van der Waals surface area contributed by atoms with E-state index in [0.29, 0.717) is 42.2 Å². The lowest BCUT2D eigenvalue weighted by molar-refractivity contribution is -0.117. The summed E-state index contributed by atoms with van der Waals surface area (Å²) in [6.45, 7) is 3.00. The van der Waals surface area contributed by atoms with Crippen molar-refractivity contribution in [3.63, 3.8) is 0 Å². The van der Waals surface area contributed by atoms with Gasteiger partial charge >= 0.3 is 0 Å². The Morgan fingerprint density at radius 3 is 2.43 bits per heavy atom. The maximum atomic E-state index is 12.7. The zero-order valence-electron chi connectivity index (χ0n) is 17.6. The number of aryl methyl sites for hydroxylation is 1. The smallest absolute Gasteiger partial charge is 0.251 e. The number of rotatable bonds is 9. The SMILES string of the molecule is COc1ccc(C)cc1NC(=O)CN(Cc1ccc(C(=O)NC2CC2)cc1)C1CC1. The van der Waals surface area contributed by atoms with Crippen molar-refractivity contribution < 1.29 is 14.3 Å². The molecule has 2 amide bonds. The first-order chi connectivity index (χ1) is 14.5. The number of hydrogen-bond donors (Lipinski definition) is 2. The summed E-state index contributed by atoms with van der Waals surface area (Å²) in [5, 5.41) is 6.00. The van der Waals surface area contributed by atoms with Crippen LogP contribution in [0.3, 0.4) is 0 Å². The maximum Gasteiger partial charge on any atom is 0.251 e. The Labute approximate surface area is 177 Å². The molecule has 2 saturated carbocycles. The first-order valence-electron chi connectivity index (χ1n) is 10.6. The van der Waals surface area contributed by atoms with Gasteiger partial charge in [-0.3, -0.25) is 14.5 Å². The summed E-state index contributed by atoms with van der Waals surface area (Å²) in [4.78, 5) is 27.1. The van der Waals surface area contributed by atoms with Crippen LogP contribution in [0.1, 0.15) is 47.2 Å². The molecule has 2 aromatic carbocycles. The van der Waals surface area contributed by atoms with Gasteiger partial charge in [-0.1, -0.05) is 18.2 Å². The molecule has 0 aliphatic heterocycles. The van der Waals surface area contributed by atoms with E-state index in [1.54, 1.807) is 7.11 Å². The van der Waals surface area contributed by atoms with Crippen LogP contribution in [0.15, 0.2) is 42.5 Å². The summed E-state index contributed by atoms with van der Waals surface area (Å²) in [5.74, 6) is 0.604. The fourth-order valence-corrected chi connectivity index (χ4v) is 3.54. The largest absolute Gasteiger partial charge is 0.495 e. The number of anilines is 1. The molecular formula is C24H29N3O3. The molecule has 2 N–H and O–H groups in total. The highest BCUT2D eigenvalue weighted by Crippen LogP contribution is 2.29. The number of nitrogens with zero attached hydrogens (tertiary/aromatic N) is 1. The van der Waals surface area contributed by atoms with E-state index >= 15 is 0 Å². The molecule has 158 valence electrons. The molecule has 0 unspecified atom stereocenters. The maximum absolute atomic E-state index is 12.7. The van der Waals surface area contributed by atoms with Gasteiger partial charge in [-0.2, -0.15) is 0 Å². The second-order valence-corrected chi connectivity index (χ2v) is 8.33. The van der Waals surface area contributed by atoms with Crippen molar-refractivity contribution in [2.24, 2.45) is 0 Å². The molecule has 0 aromatic heterocycles. The van der Waals surface area contributed by atoms with Gasteiger partial charge in [0.1, 0.15) is 5.75 Å². The minimum absolute atomic E-state index is 0.00502. The summed E-state index contributed by atoms with van der Waals surface area (Å²) in [7, 11) is 1.60. The molecule has 2 aromatic rings. The van der Waals surface area contributed by atoms with Gasteiger partial charge < -0.3 is 15.4 Å². The van der Waals surface area contributed by atoms with Crippen LogP contribution in [0.2, 0.25) is 0 Å². The van der Waals surface area contributed by atoms with Crippen LogP contribution in [0.5, 0.6) is 5.75 Å². The van der Waals surface area contributed by atoms with Gasteiger partial charge in [0.2, 0.25) is 5.91 Å². The van der Waals surface area contributed by atoms with Crippen LogP contribution in [-0.4, -0.2) is 42.5 Å². The summed E-state index contributed by atoms with van der Waals surface area (Å²) in [5.41, 5.74) is 3.55. The van der Waals surface area contributed by atoms with E-state index in [0.717, 1.165) is 36.8 Å². The molecule has 2 aliphatic carbocycles. The monoisotopic (exact) mass is 407 g/mol. The molecule has 30 heavy (non-hydrogen) atoms. The van der Waals surface area contributed by atoms with Gasteiger partial charge in [0, 0.05) is 24.2 Å². The van der Waals surface area contributed by atoms with E-state index in [1.807, 2.05) is 49.4 Å². The Morgan fingerprint density at radius 2 is 1.80 bits per heavy atom. The summed E-state index contributed by atoms with van der Waals surface area (Å²) in [6.07, 6.45) is 4.39. The average molecular weight is 408 g/mol. The van der Waals surface area contributed by atoms with Crippen molar-refractivity contribution >= 4 is 17.5 Å². The molecule has 0 bridgehead atoms. The van der Waals surface area contributed by atoms with E-state index in [9.17, 15) is 9.59 Å². The highest BCUT2D eigenvalue weighted by molar-refractivity contribution is 5.95. The lowest BCUT2D eigenvalue weighted by atomic mass is 10.1. The zero-order valence-corrected chi connectivity index (χ0v) is 17.6. The molecule has 4 rings (SSSR count). The van der Waals surface area contributed by atoms with Crippen molar-refractivity contribution in [2.45, 2.75) is 51.2 Å². The van der Waals surface area contributed by atoms with Crippen molar-refractivity contribution in [2.75, 3.05) is 19.0 Å². The molecule has 0 saturated heterocycles. The number of carbonyl (C=O) groups is 2. The average Bonchev–Trinajstić information content (AvgIpc) is 3.62. The van der Waals surface area contributed by atoms with Crippen molar-refractivity contribution in [3.8, 4) is 5.75 Å². The molecule has 0 atom stereocenters. The third-order valence-electron chi connectivity index (χ3n) is 5.55. The van der Waals surface area contributed by atoms with Crippen LogP contribution in [-0.2, 0) is 11.3 Å². The van der Waals surface area contributed by atoms with E-state index < -0.39 is 0 Å². The lowest BCUT2D eigenvalue weighted by Gasteiger charge is -2.22. The summed E-state index contributed by atoms with van der Waals surface area (Å²) >= 11 is 0. The second kappa shape index (κ2) is 8.88. The predicted octanol–water partition coefficient (Wildman–Crippen LogP) is 3.50. The zero-order chi connectivity index (χ0) is 21.1. The van der Waals surface area contributed by atoms with E-state index in [-0.39, 0.29) is 11.8 Å². The normalized spacial score (nSPS) is 15.7. The van der Waals surface area contributed by atoms with Crippen LogP contribution in [0.25, 0.3) is 0 Å². The Hall–Kier alpha value is -2.86. The quantitative estimate of drug-likeness (QED) is 0.668.